The molecule has 1 saturated carbocycles. The number of carbonyl (C=O) groups excluding carboxylic acids is 1. The molecule has 3 unspecified atom stereocenters. The average molecular weight is 285 g/mol. The van der Waals surface area contributed by atoms with E-state index in [9.17, 15) is 9.90 Å². The molecule has 1 fully saturated rings. The normalized spacial score (nSPS) is 28.4. The Kier molecular flexibility index (Phi) is 7.52. The number of nitrogens with one attached hydrogen (secondary N) is 1. The quantitative estimate of drug-likeness (QED) is 0.754. The molecule has 0 aromatic carbocycles. The van der Waals surface area contributed by atoms with Gasteiger partial charge in [0.1, 0.15) is 0 Å². The van der Waals surface area contributed by atoms with Crippen LogP contribution in [-0.2, 0) is 9.53 Å². The highest BCUT2D eigenvalue weighted by Gasteiger charge is 2.28. The number of aliphatic hydroxyl groups excluding tert-OH is 1. The monoisotopic (exact) mass is 285 g/mol. The molecule has 0 radical (unpaired) electrons. The van der Waals surface area contributed by atoms with Crippen molar-refractivity contribution in [2.24, 2.45) is 23.7 Å². The summed E-state index contributed by atoms with van der Waals surface area (Å²) in [5.41, 5.74) is 0. The van der Waals surface area contributed by atoms with Gasteiger partial charge in [0.15, 0.2) is 0 Å². The van der Waals surface area contributed by atoms with Gasteiger partial charge in [-0.05, 0) is 37.0 Å². The molecule has 20 heavy (non-hydrogen) atoms. The minimum atomic E-state index is -0.615. The highest BCUT2D eigenvalue weighted by atomic mass is 16.5. The van der Waals surface area contributed by atoms with Crippen molar-refractivity contribution in [1.82, 2.24) is 5.32 Å². The maximum absolute atomic E-state index is 12.1. The number of hydrogen-bond donors (Lipinski definition) is 2. The van der Waals surface area contributed by atoms with E-state index in [0.29, 0.717) is 24.4 Å². The van der Waals surface area contributed by atoms with Gasteiger partial charge in [0, 0.05) is 19.1 Å². The molecule has 1 aliphatic rings. The zero-order chi connectivity index (χ0) is 15.1. The SMILES string of the molecule is CC(C)COCC(O)CNC(=O)C1CC(C)CC(C)C1. The third-order valence-corrected chi connectivity index (χ3v) is 3.82. The Balaban J connectivity index is 2.21. The van der Waals surface area contributed by atoms with Gasteiger partial charge in [-0.25, -0.2) is 0 Å². The number of ether oxygens (including phenoxy) is 1. The standard InChI is InChI=1S/C16H31NO3/c1-11(2)9-20-10-15(18)8-17-16(19)14-6-12(3)5-13(4)7-14/h11-15,18H,5-10H2,1-4H3,(H,17,19). The summed E-state index contributed by atoms with van der Waals surface area (Å²) < 4.78 is 5.37. The number of rotatable bonds is 7. The zero-order valence-electron chi connectivity index (χ0n) is 13.4. The van der Waals surface area contributed by atoms with Gasteiger partial charge in [-0.15, -0.1) is 0 Å². The molecule has 0 aliphatic heterocycles. The Hall–Kier alpha value is -0.610. The molecule has 4 heteroatoms. The van der Waals surface area contributed by atoms with Crippen molar-refractivity contribution in [3.05, 3.63) is 0 Å². The molecule has 1 aliphatic carbocycles. The Labute approximate surface area is 123 Å². The Morgan fingerprint density at radius 3 is 2.35 bits per heavy atom. The van der Waals surface area contributed by atoms with Gasteiger partial charge in [-0.2, -0.15) is 0 Å². The van der Waals surface area contributed by atoms with Crippen LogP contribution in [0.5, 0.6) is 0 Å². The van der Waals surface area contributed by atoms with Crippen molar-refractivity contribution < 1.29 is 14.6 Å². The van der Waals surface area contributed by atoms with E-state index in [1.165, 1.54) is 6.42 Å². The third kappa shape index (κ3) is 6.71. The highest BCUT2D eigenvalue weighted by molar-refractivity contribution is 5.78. The fourth-order valence-electron chi connectivity index (χ4n) is 3.02. The van der Waals surface area contributed by atoms with Gasteiger partial charge in [-0.3, -0.25) is 4.79 Å². The van der Waals surface area contributed by atoms with Gasteiger partial charge >= 0.3 is 0 Å². The number of hydrogen-bond acceptors (Lipinski definition) is 3. The predicted molar refractivity (Wildman–Crippen MR) is 80.3 cm³/mol. The molecule has 1 amide bonds. The average Bonchev–Trinajstić information content (AvgIpc) is 2.34. The molecule has 118 valence electrons. The fourth-order valence-corrected chi connectivity index (χ4v) is 3.02. The van der Waals surface area contributed by atoms with Gasteiger partial charge in [0.05, 0.1) is 12.7 Å². The number of carbonyl (C=O) groups is 1. The lowest BCUT2D eigenvalue weighted by atomic mass is 9.76. The van der Waals surface area contributed by atoms with Crippen LogP contribution in [0.15, 0.2) is 0 Å². The maximum atomic E-state index is 12.1. The van der Waals surface area contributed by atoms with Gasteiger partial charge in [0.2, 0.25) is 5.91 Å². The predicted octanol–water partition coefficient (Wildman–Crippen LogP) is 2.21. The molecule has 4 nitrogen and oxygen atoms in total. The molecular weight excluding hydrogens is 254 g/mol. The van der Waals surface area contributed by atoms with Crippen molar-refractivity contribution in [1.29, 1.82) is 0 Å². The Morgan fingerprint density at radius 1 is 1.20 bits per heavy atom. The molecule has 3 atom stereocenters. The first-order valence-corrected chi connectivity index (χ1v) is 7.92. The second kappa shape index (κ2) is 8.63. The first-order chi connectivity index (χ1) is 9.38. The molecule has 0 spiro atoms. The lowest BCUT2D eigenvalue weighted by Crippen LogP contribution is -2.40. The van der Waals surface area contributed by atoms with E-state index in [0.717, 1.165) is 12.8 Å². The minimum Gasteiger partial charge on any atom is -0.389 e. The van der Waals surface area contributed by atoms with Gasteiger partial charge < -0.3 is 15.2 Å². The van der Waals surface area contributed by atoms with Crippen LogP contribution >= 0.6 is 0 Å². The van der Waals surface area contributed by atoms with E-state index < -0.39 is 6.10 Å². The van der Waals surface area contributed by atoms with Crippen molar-refractivity contribution in [3.8, 4) is 0 Å². The smallest absolute Gasteiger partial charge is 0.223 e. The van der Waals surface area contributed by atoms with Crippen LogP contribution < -0.4 is 5.32 Å². The van der Waals surface area contributed by atoms with E-state index in [-0.39, 0.29) is 25.0 Å². The largest absolute Gasteiger partial charge is 0.389 e. The van der Waals surface area contributed by atoms with Crippen LogP contribution in [0.3, 0.4) is 0 Å². The van der Waals surface area contributed by atoms with Crippen molar-refractivity contribution >= 4 is 5.91 Å². The van der Waals surface area contributed by atoms with E-state index in [1.807, 2.05) is 0 Å². The number of amides is 1. The van der Waals surface area contributed by atoms with E-state index in [4.69, 9.17) is 4.74 Å². The van der Waals surface area contributed by atoms with Crippen LogP contribution in [0.4, 0.5) is 0 Å². The summed E-state index contributed by atoms with van der Waals surface area (Å²) >= 11 is 0. The van der Waals surface area contributed by atoms with Gasteiger partial charge in [-0.1, -0.05) is 27.7 Å². The maximum Gasteiger partial charge on any atom is 0.223 e. The van der Waals surface area contributed by atoms with E-state index in [1.54, 1.807) is 0 Å². The van der Waals surface area contributed by atoms with Crippen LogP contribution in [0.25, 0.3) is 0 Å². The van der Waals surface area contributed by atoms with Crippen molar-refractivity contribution in [3.63, 3.8) is 0 Å². The molecule has 0 bridgehead atoms. The summed E-state index contributed by atoms with van der Waals surface area (Å²) in [6.07, 6.45) is 2.54. The Morgan fingerprint density at radius 2 is 1.80 bits per heavy atom. The summed E-state index contributed by atoms with van der Waals surface area (Å²) in [4.78, 5) is 12.1. The van der Waals surface area contributed by atoms with Crippen LogP contribution in [0.1, 0.15) is 47.0 Å². The molecule has 0 heterocycles. The molecule has 1 rings (SSSR count). The summed E-state index contributed by atoms with van der Waals surface area (Å²) in [5.74, 6) is 1.90. The number of aliphatic hydroxyl groups is 1. The summed E-state index contributed by atoms with van der Waals surface area (Å²) in [6.45, 7) is 9.78. The Bertz CT molecular complexity index is 283. The first-order valence-electron chi connectivity index (χ1n) is 7.92. The van der Waals surface area contributed by atoms with E-state index >= 15 is 0 Å². The van der Waals surface area contributed by atoms with E-state index in [2.05, 4.69) is 33.0 Å². The van der Waals surface area contributed by atoms with Crippen molar-refractivity contribution in [2.45, 2.75) is 53.1 Å². The van der Waals surface area contributed by atoms with Gasteiger partial charge in [0.25, 0.3) is 0 Å². The minimum absolute atomic E-state index is 0.0892. The first kappa shape index (κ1) is 17.4. The van der Waals surface area contributed by atoms with Crippen molar-refractivity contribution in [2.75, 3.05) is 19.8 Å². The fraction of sp³-hybridized carbons (Fsp3) is 0.938. The van der Waals surface area contributed by atoms with Crippen LogP contribution in [-0.4, -0.2) is 36.9 Å². The summed E-state index contributed by atoms with van der Waals surface area (Å²) in [6, 6.07) is 0. The molecule has 2 N–H and O–H groups in total. The van der Waals surface area contributed by atoms with Crippen LogP contribution in [0.2, 0.25) is 0 Å². The molecule has 0 aromatic rings. The lowest BCUT2D eigenvalue weighted by Gasteiger charge is -2.30. The summed E-state index contributed by atoms with van der Waals surface area (Å²) in [7, 11) is 0. The molecular formula is C16H31NO3. The molecule has 0 aromatic heterocycles. The topological polar surface area (TPSA) is 58.6 Å². The highest BCUT2D eigenvalue weighted by Crippen LogP contribution is 2.32. The zero-order valence-corrected chi connectivity index (χ0v) is 13.4. The van der Waals surface area contributed by atoms with Crippen LogP contribution in [0, 0.1) is 23.7 Å². The molecule has 0 saturated heterocycles. The lowest BCUT2D eigenvalue weighted by molar-refractivity contribution is -0.127. The summed E-state index contributed by atoms with van der Waals surface area (Å²) in [5, 5.41) is 12.6. The second-order valence-corrected chi connectivity index (χ2v) is 6.94. The second-order valence-electron chi connectivity index (χ2n) is 6.94. The third-order valence-electron chi connectivity index (χ3n) is 3.82.